The molecule has 2 rings (SSSR count). The lowest BCUT2D eigenvalue weighted by Gasteiger charge is -2.10. The van der Waals surface area contributed by atoms with Crippen molar-refractivity contribution in [3.05, 3.63) is 32.6 Å². The molecule has 0 aliphatic rings. The van der Waals surface area contributed by atoms with E-state index in [0.29, 0.717) is 12.4 Å². The smallest absolute Gasteiger partial charge is 0.231 e. The van der Waals surface area contributed by atoms with Gasteiger partial charge in [0.1, 0.15) is 0 Å². The predicted molar refractivity (Wildman–Crippen MR) is 93.9 cm³/mol. The van der Waals surface area contributed by atoms with E-state index in [-0.39, 0.29) is 0 Å². The molecule has 0 radical (unpaired) electrons. The molecule has 0 bridgehead atoms. The third-order valence-electron chi connectivity index (χ3n) is 3.12. The first-order valence-corrected chi connectivity index (χ1v) is 8.25. The number of thiazole rings is 1. The molecule has 1 aromatic carbocycles. The Morgan fingerprint density at radius 3 is 2.43 bits per heavy atom. The van der Waals surface area contributed by atoms with E-state index in [9.17, 15) is 0 Å². The first kappa shape index (κ1) is 16.1. The first-order valence-electron chi connectivity index (χ1n) is 6.64. The molecule has 0 atom stereocenters. The summed E-state index contributed by atoms with van der Waals surface area (Å²) in [5.41, 5.74) is 3.56. The van der Waals surface area contributed by atoms with Gasteiger partial charge in [-0.15, -0.1) is 0 Å². The average Bonchev–Trinajstić information content (AvgIpc) is 2.85. The van der Waals surface area contributed by atoms with Gasteiger partial charge in [-0.25, -0.2) is 0 Å². The Balaban J connectivity index is 2.16. The van der Waals surface area contributed by atoms with Crippen LogP contribution in [0.4, 0.5) is 10.8 Å². The van der Waals surface area contributed by atoms with Gasteiger partial charge in [0, 0.05) is 24.3 Å². The van der Waals surface area contributed by atoms with Crippen LogP contribution in [0.5, 0.6) is 5.88 Å². The highest BCUT2D eigenvalue weighted by molar-refractivity contribution is 9.10. The summed E-state index contributed by atoms with van der Waals surface area (Å²) < 4.78 is 6.52. The zero-order valence-electron chi connectivity index (χ0n) is 13.0. The van der Waals surface area contributed by atoms with E-state index in [0.717, 1.165) is 15.7 Å². The summed E-state index contributed by atoms with van der Waals surface area (Å²) in [5.74, 6) is 0.696. The fourth-order valence-corrected chi connectivity index (χ4v) is 3.14. The monoisotopic (exact) mass is 369 g/mol. The first-order chi connectivity index (χ1) is 9.92. The van der Waals surface area contributed by atoms with E-state index < -0.39 is 0 Å². The molecule has 1 N–H and O–H groups in total. The van der Waals surface area contributed by atoms with Gasteiger partial charge in [0.25, 0.3) is 0 Å². The Labute approximate surface area is 138 Å². The molecule has 1 heterocycles. The molecule has 2 aromatic rings. The fourth-order valence-electron chi connectivity index (χ4n) is 2.02. The summed E-state index contributed by atoms with van der Waals surface area (Å²) >= 11 is 5.23. The van der Waals surface area contributed by atoms with Crippen molar-refractivity contribution in [2.45, 2.75) is 20.4 Å². The minimum atomic E-state index is 0.696. The molecular weight excluding hydrogens is 350 g/mol. The lowest BCUT2D eigenvalue weighted by Crippen LogP contribution is -2.07. The van der Waals surface area contributed by atoms with Crippen molar-refractivity contribution in [3.63, 3.8) is 0 Å². The van der Waals surface area contributed by atoms with E-state index in [4.69, 9.17) is 4.74 Å². The molecule has 0 amide bonds. The quantitative estimate of drug-likeness (QED) is 0.856. The number of nitrogens with zero attached hydrogens (tertiary/aromatic N) is 2. The van der Waals surface area contributed by atoms with Gasteiger partial charge in [-0.2, -0.15) is 4.98 Å². The maximum Gasteiger partial charge on any atom is 0.231 e. The SMILES string of the molecule is COc1nc(N(C)C)sc1CNc1cc(C)c(Br)c(C)c1. The van der Waals surface area contributed by atoms with E-state index in [2.05, 4.69) is 52.2 Å². The number of methoxy groups -OCH3 is 1. The lowest BCUT2D eigenvalue weighted by atomic mass is 10.1. The predicted octanol–water partition coefficient (Wildman–Crippen LogP) is 4.21. The molecular formula is C15H20BrN3OS. The number of hydrogen-bond donors (Lipinski definition) is 1. The Morgan fingerprint density at radius 1 is 1.29 bits per heavy atom. The second-order valence-corrected chi connectivity index (χ2v) is 6.96. The number of hydrogen-bond acceptors (Lipinski definition) is 5. The second-order valence-electron chi connectivity index (χ2n) is 5.10. The van der Waals surface area contributed by atoms with Crippen LogP contribution in [0.15, 0.2) is 16.6 Å². The molecule has 4 nitrogen and oxygen atoms in total. The minimum absolute atomic E-state index is 0.696. The van der Waals surface area contributed by atoms with Gasteiger partial charge in [-0.3, -0.25) is 0 Å². The van der Waals surface area contributed by atoms with E-state index in [1.807, 2.05) is 19.0 Å². The highest BCUT2D eigenvalue weighted by Crippen LogP contribution is 2.31. The topological polar surface area (TPSA) is 37.4 Å². The van der Waals surface area contributed by atoms with Crippen LogP contribution in [0.3, 0.4) is 0 Å². The number of benzene rings is 1. The van der Waals surface area contributed by atoms with Crippen LogP contribution in [-0.4, -0.2) is 26.2 Å². The van der Waals surface area contributed by atoms with E-state index in [1.165, 1.54) is 15.6 Å². The fraction of sp³-hybridized carbons (Fsp3) is 0.400. The average molecular weight is 370 g/mol. The van der Waals surface area contributed by atoms with Crippen LogP contribution >= 0.6 is 27.3 Å². The van der Waals surface area contributed by atoms with Gasteiger partial charge in [0.15, 0.2) is 5.13 Å². The van der Waals surface area contributed by atoms with Crippen molar-refractivity contribution < 1.29 is 4.74 Å². The Bertz CT molecular complexity index is 617. The van der Waals surface area contributed by atoms with Crippen LogP contribution < -0.4 is 15.0 Å². The van der Waals surface area contributed by atoms with Crippen LogP contribution in [0.25, 0.3) is 0 Å². The van der Waals surface area contributed by atoms with Gasteiger partial charge in [0.05, 0.1) is 18.5 Å². The Morgan fingerprint density at radius 2 is 1.90 bits per heavy atom. The van der Waals surface area contributed by atoms with Crippen LogP contribution in [-0.2, 0) is 6.54 Å². The summed E-state index contributed by atoms with van der Waals surface area (Å²) in [5, 5.41) is 4.40. The normalized spacial score (nSPS) is 10.6. The maximum atomic E-state index is 5.36. The lowest BCUT2D eigenvalue weighted by molar-refractivity contribution is 0.397. The molecule has 0 spiro atoms. The number of anilines is 2. The standard InChI is InChI=1S/C15H20BrN3OS/c1-9-6-11(7-10(2)13(9)16)17-8-12-14(20-5)18-15(21-12)19(3)4/h6-7,17H,8H2,1-5H3. The Hall–Kier alpha value is -1.27. The number of nitrogens with one attached hydrogen (secondary N) is 1. The second kappa shape index (κ2) is 6.66. The zero-order chi connectivity index (χ0) is 15.6. The highest BCUT2D eigenvalue weighted by Gasteiger charge is 2.13. The van der Waals surface area contributed by atoms with Gasteiger partial charge in [0.2, 0.25) is 5.88 Å². The van der Waals surface area contributed by atoms with Crippen LogP contribution in [0, 0.1) is 13.8 Å². The van der Waals surface area contributed by atoms with Crippen molar-refractivity contribution >= 4 is 38.1 Å². The molecule has 114 valence electrons. The summed E-state index contributed by atoms with van der Waals surface area (Å²) in [6, 6.07) is 4.27. The highest BCUT2D eigenvalue weighted by atomic mass is 79.9. The summed E-state index contributed by atoms with van der Waals surface area (Å²) in [6.45, 7) is 4.90. The van der Waals surface area contributed by atoms with Crippen LogP contribution in [0.1, 0.15) is 16.0 Å². The summed E-state index contributed by atoms with van der Waals surface area (Å²) in [7, 11) is 5.62. The third-order valence-corrected chi connectivity index (χ3v) is 5.57. The minimum Gasteiger partial charge on any atom is -0.480 e. The maximum absolute atomic E-state index is 5.36. The zero-order valence-corrected chi connectivity index (χ0v) is 15.4. The number of aryl methyl sites for hydroxylation is 2. The van der Waals surface area contributed by atoms with Crippen molar-refractivity contribution in [3.8, 4) is 5.88 Å². The molecule has 0 saturated carbocycles. The van der Waals surface area contributed by atoms with Gasteiger partial charge >= 0.3 is 0 Å². The molecule has 0 saturated heterocycles. The molecule has 1 aromatic heterocycles. The van der Waals surface area contributed by atoms with Gasteiger partial charge in [-0.05, 0) is 37.1 Å². The summed E-state index contributed by atoms with van der Waals surface area (Å²) in [4.78, 5) is 7.55. The van der Waals surface area contributed by atoms with Crippen molar-refractivity contribution in [2.24, 2.45) is 0 Å². The summed E-state index contributed by atoms with van der Waals surface area (Å²) in [6.07, 6.45) is 0. The number of rotatable bonds is 5. The Kier molecular flexibility index (Phi) is 5.11. The van der Waals surface area contributed by atoms with E-state index >= 15 is 0 Å². The third kappa shape index (κ3) is 3.68. The van der Waals surface area contributed by atoms with Crippen molar-refractivity contribution in [1.82, 2.24) is 4.98 Å². The van der Waals surface area contributed by atoms with E-state index in [1.54, 1.807) is 18.4 Å². The molecule has 6 heteroatoms. The number of aromatic nitrogens is 1. The van der Waals surface area contributed by atoms with Crippen molar-refractivity contribution in [2.75, 3.05) is 31.4 Å². The molecule has 0 unspecified atom stereocenters. The molecule has 0 aliphatic carbocycles. The van der Waals surface area contributed by atoms with Crippen molar-refractivity contribution in [1.29, 1.82) is 0 Å². The largest absolute Gasteiger partial charge is 0.480 e. The van der Waals surface area contributed by atoms with Gasteiger partial charge < -0.3 is 15.0 Å². The van der Waals surface area contributed by atoms with Gasteiger partial charge in [-0.1, -0.05) is 27.3 Å². The number of ether oxygens (including phenoxy) is 1. The van der Waals surface area contributed by atoms with Crippen LogP contribution in [0.2, 0.25) is 0 Å². The molecule has 21 heavy (non-hydrogen) atoms. The number of halogens is 1. The molecule has 0 fully saturated rings. The molecule has 0 aliphatic heterocycles.